The number of esters is 1. The van der Waals surface area contributed by atoms with E-state index in [1.54, 1.807) is 23.6 Å². The van der Waals surface area contributed by atoms with E-state index in [0.717, 1.165) is 16.5 Å². The summed E-state index contributed by atoms with van der Waals surface area (Å²) in [5.41, 5.74) is 1.39. The maximum Gasteiger partial charge on any atom is 0.343 e. The molecule has 0 unspecified atom stereocenters. The van der Waals surface area contributed by atoms with Gasteiger partial charge < -0.3 is 19.1 Å². The number of rotatable bonds is 3. The second kappa shape index (κ2) is 6.44. The maximum absolute atomic E-state index is 13.1. The van der Waals surface area contributed by atoms with Crippen molar-refractivity contribution < 1.29 is 19.4 Å². The molecule has 1 N–H and O–H groups in total. The minimum Gasteiger partial charge on any atom is -0.481 e. The Hall–Kier alpha value is -3.63. The fourth-order valence-electron chi connectivity index (χ4n) is 4.18. The highest BCUT2D eigenvalue weighted by Crippen LogP contribution is 2.38. The zero-order chi connectivity index (χ0) is 21.0. The van der Waals surface area contributed by atoms with Crippen LogP contribution in [0.3, 0.4) is 0 Å². The highest BCUT2D eigenvalue weighted by molar-refractivity contribution is 5.87. The molecule has 0 saturated carbocycles. The molecule has 2 aliphatic rings. The molecule has 0 bridgehead atoms. The quantitative estimate of drug-likeness (QED) is 0.417. The van der Waals surface area contributed by atoms with Crippen LogP contribution in [0.2, 0.25) is 0 Å². The summed E-state index contributed by atoms with van der Waals surface area (Å²) in [4.78, 5) is 30.1. The second-order valence-electron chi connectivity index (χ2n) is 7.45. The van der Waals surface area contributed by atoms with Gasteiger partial charge in [-0.05, 0) is 36.8 Å². The van der Waals surface area contributed by atoms with E-state index in [0.29, 0.717) is 34.8 Å². The molecule has 30 heavy (non-hydrogen) atoms. The van der Waals surface area contributed by atoms with Crippen molar-refractivity contribution in [2.75, 3.05) is 6.61 Å². The van der Waals surface area contributed by atoms with Gasteiger partial charge in [0.2, 0.25) is 0 Å². The Balaban J connectivity index is 1.68. The van der Waals surface area contributed by atoms with Crippen molar-refractivity contribution in [2.45, 2.75) is 32.1 Å². The van der Waals surface area contributed by atoms with E-state index in [2.05, 4.69) is 5.92 Å². The maximum atomic E-state index is 13.1. The van der Waals surface area contributed by atoms with Gasteiger partial charge in [-0.1, -0.05) is 12.8 Å². The molecule has 3 aromatic rings. The minimum absolute atomic E-state index is 0.111. The molecular formula is C23H18N2O5. The van der Waals surface area contributed by atoms with E-state index < -0.39 is 11.6 Å². The Morgan fingerprint density at radius 3 is 2.93 bits per heavy atom. The van der Waals surface area contributed by atoms with Crippen molar-refractivity contribution in [1.29, 1.82) is 0 Å². The van der Waals surface area contributed by atoms with Crippen LogP contribution in [-0.4, -0.2) is 27.2 Å². The molecule has 5 rings (SSSR count). The first kappa shape index (κ1) is 18.4. The summed E-state index contributed by atoms with van der Waals surface area (Å²) in [5.74, 6) is 2.35. The number of carbonyl (C=O) groups excluding carboxylic acids is 1. The lowest BCUT2D eigenvalue weighted by molar-refractivity contribution is -0.172. The first-order chi connectivity index (χ1) is 14.5. The number of benzene rings is 1. The van der Waals surface area contributed by atoms with Crippen LogP contribution in [-0.2, 0) is 28.3 Å². The SMILES string of the molecule is C#CCOc1ccc2nc3c(cc2c1)Cn1c-3cc2c(c1=O)COC(=O)[C@]2(O)CC. The monoisotopic (exact) mass is 402 g/mol. The van der Waals surface area contributed by atoms with Crippen molar-refractivity contribution in [2.24, 2.45) is 0 Å². The normalized spacial score (nSPS) is 18.9. The van der Waals surface area contributed by atoms with Crippen LogP contribution in [0.5, 0.6) is 5.75 Å². The molecule has 1 atom stereocenters. The third-order valence-electron chi connectivity index (χ3n) is 5.80. The van der Waals surface area contributed by atoms with E-state index in [-0.39, 0.29) is 25.2 Å². The molecule has 7 heteroatoms. The standard InChI is InChI=1S/C23H18N2O5/c1-3-7-29-15-5-6-18-13(9-15)8-14-11-25-19(20(14)24-18)10-17-16(21(25)26)12-30-22(27)23(17,28)4-2/h1,5-6,8-10,28H,4,7,11-12H2,2H3/t23-/m0/s1. The summed E-state index contributed by atoms with van der Waals surface area (Å²) in [7, 11) is 0. The van der Waals surface area contributed by atoms with Gasteiger partial charge in [-0.25, -0.2) is 9.78 Å². The summed E-state index contributed by atoms with van der Waals surface area (Å²) in [6.45, 7) is 2.07. The van der Waals surface area contributed by atoms with E-state index in [9.17, 15) is 14.7 Å². The number of cyclic esters (lactones) is 1. The van der Waals surface area contributed by atoms with Gasteiger partial charge in [-0.2, -0.15) is 0 Å². The van der Waals surface area contributed by atoms with Gasteiger partial charge in [0.15, 0.2) is 5.60 Å². The average molecular weight is 402 g/mol. The number of terminal acetylenes is 1. The van der Waals surface area contributed by atoms with E-state index in [4.69, 9.17) is 20.9 Å². The van der Waals surface area contributed by atoms with Crippen LogP contribution in [0.4, 0.5) is 0 Å². The molecule has 0 saturated heterocycles. The average Bonchev–Trinajstić information content (AvgIpc) is 3.11. The zero-order valence-electron chi connectivity index (χ0n) is 16.3. The molecule has 150 valence electrons. The van der Waals surface area contributed by atoms with Crippen molar-refractivity contribution in [3.05, 3.63) is 57.4 Å². The highest BCUT2D eigenvalue weighted by atomic mass is 16.6. The predicted molar refractivity (Wildman–Crippen MR) is 109 cm³/mol. The van der Waals surface area contributed by atoms with Crippen molar-refractivity contribution in [3.63, 3.8) is 0 Å². The van der Waals surface area contributed by atoms with Crippen LogP contribution < -0.4 is 10.3 Å². The topological polar surface area (TPSA) is 90.7 Å². The zero-order valence-corrected chi connectivity index (χ0v) is 16.3. The van der Waals surface area contributed by atoms with Gasteiger partial charge in [-0.3, -0.25) is 4.79 Å². The fourth-order valence-corrected chi connectivity index (χ4v) is 4.18. The molecule has 2 aliphatic heterocycles. The number of aliphatic hydroxyl groups is 1. The number of hydrogen-bond acceptors (Lipinski definition) is 6. The molecule has 4 heterocycles. The smallest absolute Gasteiger partial charge is 0.343 e. The molecular weight excluding hydrogens is 384 g/mol. The van der Waals surface area contributed by atoms with Crippen LogP contribution in [0.25, 0.3) is 22.3 Å². The van der Waals surface area contributed by atoms with Gasteiger partial charge in [0, 0.05) is 16.5 Å². The summed E-state index contributed by atoms with van der Waals surface area (Å²) in [6.07, 6.45) is 5.36. The molecule has 0 aliphatic carbocycles. The van der Waals surface area contributed by atoms with Gasteiger partial charge in [0.1, 0.15) is 19.0 Å². The lowest BCUT2D eigenvalue weighted by Crippen LogP contribution is -2.44. The Labute approximate surface area is 171 Å². The van der Waals surface area contributed by atoms with Crippen LogP contribution in [0.1, 0.15) is 30.0 Å². The number of carbonyl (C=O) groups is 1. The lowest BCUT2D eigenvalue weighted by Gasteiger charge is -2.31. The highest BCUT2D eigenvalue weighted by Gasteiger charge is 2.45. The number of ether oxygens (including phenoxy) is 2. The van der Waals surface area contributed by atoms with Crippen LogP contribution in [0, 0.1) is 12.3 Å². The Kier molecular flexibility index (Phi) is 3.95. The molecule has 0 radical (unpaired) electrons. The summed E-state index contributed by atoms with van der Waals surface area (Å²) in [6, 6.07) is 9.16. The number of hydrogen-bond donors (Lipinski definition) is 1. The van der Waals surface area contributed by atoms with E-state index in [1.165, 1.54) is 0 Å². The Morgan fingerprint density at radius 1 is 1.33 bits per heavy atom. The second-order valence-corrected chi connectivity index (χ2v) is 7.45. The fraction of sp³-hybridized carbons (Fsp3) is 0.261. The van der Waals surface area contributed by atoms with E-state index >= 15 is 0 Å². The Morgan fingerprint density at radius 2 is 2.17 bits per heavy atom. The van der Waals surface area contributed by atoms with Crippen molar-refractivity contribution in [1.82, 2.24) is 9.55 Å². The summed E-state index contributed by atoms with van der Waals surface area (Å²) < 4.78 is 12.2. The third-order valence-corrected chi connectivity index (χ3v) is 5.80. The number of fused-ring (bicyclic) bond motifs is 5. The molecule has 0 fully saturated rings. The third kappa shape index (κ3) is 2.47. The van der Waals surface area contributed by atoms with Gasteiger partial charge in [-0.15, -0.1) is 6.42 Å². The van der Waals surface area contributed by atoms with Gasteiger partial charge >= 0.3 is 5.97 Å². The molecule has 7 nitrogen and oxygen atoms in total. The summed E-state index contributed by atoms with van der Waals surface area (Å²) in [5, 5.41) is 11.8. The Bertz CT molecular complexity index is 1330. The molecule has 0 spiro atoms. The first-order valence-corrected chi connectivity index (χ1v) is 9.63. The van der Waals surface area contributed by atoms with E-state index in [1.807, 2.05) is 18.2 Å². The molecule has 0 amide bonds. The summed E-state index contributed by atoms with van der Waals surface area (Å²) >= 11 is 0. The largest absolute Gasteiger partial charge is 0.481 e. The first-order valence-electron chi connectivity index (χ1n) is 9.63. The van der Waals surface area contributed by atoms with Crippen LogP contribution >= 0.6 is 0 Å². The van der Waals surface area contributed by atoms with Gasteiger partial charge in [0.25, 0.3) is 5.56 Å². The molecule has 1 aromatic carbocycles. The van der Waals surface area contributed by atoms with Crippen LogP contribution in [0.15, 0.2) is 35.1 Å². The molecule has 2 aromatic heterocycles. The number of pyridine rings is 2. The van der Waals surface area contributed by atoms with Crippen molar-refractivity contribution >= 4 is 16.9 Å². The lowest BCUT2D eigenvalue weighted by atomic mass is 9.86. The number of nitrogens with zero attached hydrogens (tertiary/aromatic N) is 2. The number of aromatic nitrogens is 2. The van der Waals surface area contributed by atoms with Crippen molar-refractivity contribution in [3.8, 4) is 29.5 Å². The minimum atomic E-state index is -1.83. The predicted octanol–water partition coefficient (Wildman–Crippen LogP) is 2.09. The van der Waals surface area contributed by atoms with Gasteiger partial charge in [0.05, 0.1) is 29.0 Å².